The van der Waals surface area contributed by atoms with E-state index in [9.17, 15) is 9.59 Å². The van der Waals surface area contributed by atoms with Crippen LogP contribution >= 0.6 is 0 Å². The lowest BCUT2D eigenvalue weighted by Gasteiger charge is -2.30. The Hall–Kier alpha value is -3.45. The minimum atomic E-state index is -1.30. The van der Waals surface area contributed by atoms with Crippen LogP contribution in [0.25, 0.3) is 0 Å². The van der Waals surface area contributed by atoms with E-state index in [1.165, 1.54) is 11.8 Å². The number of aliphatic hydroxyl groups is 1. The van der Waals surface area contributed by atoms with Gasteiger partial charge in [-0.25, -0.2) is 4.99 Å². The molecule has 4 rings (SSSR count). The second kappa shape index (κ2) is 8.96. The third kappa shape index (κ3) is 3.80. The lowest BCUT2D eigenvalue weighted by molar-refractivity contribution is -0.149. The number of hydrogen-bond acceptors (Lipinski definition) is 6. The molecule has 0 radical (unpaired) electrons. The van der Waals surface area contributed by atoms with E-state index in [0.29, 0.717) is 30.2 Å². The molecule has 0 fully saturated rings. The topological polar surface area (TPSA) is 88.4 Å². The third-order valence-corrected chi connectivity index (χ3v) is 5.75. The number of amides is 2. The Labute approximate surface area is 187 Å². The maximum absolute atomic E-state index is 13.7. The molecule has 32 heavy (non-hydrogen) atoms. The quantitative estimate of drug-likeness (QED) is 0.534. The molecule has 7 nitrogen and oxygen atoms in total. The van der Waals surface area contributed by atoms with Crippen molar-refractivity contribution >= 4 is 17.7 Å². The standard InChI is InChI=1S/C25H26N2O5/c1-3-13-25-22(21-8-5-4-7-19(21)16-27(17(2)29)24(25)30)32-23(26-25)18-9-11-20(12-10-18)31-15-6-14-28/h3-5,7-12,22,28H,1,6,13-16H2,2H3/t22-,25-/m0/s1. The van der Waals surface area contributed by atoms with Crippen LogP contribution in [0.15, 0.2) is 66.2 Å². The van der Waals surface area contributed by atoms with Crippen molar-refractivity contribution in [3.63, 3.8) is 0 Å². The van der Waals surface area contributed by atoms with Gasteiger partial charge in [-0.1, -0.05) is 30.3 Å². The highest BCUT2D eigenvalue weighted by atomic mass is 16.5. The van der Waals surface area contributed by atoms with Gasteiger partial charge in [-0.05, 0) is 29.8 Å². The first-order valence-electron chi connectivity index (χ1n) is 10.6. The molecular weight excluding hydrogens is 408 g/mol. The summed E-state index contributed by atoms with van der Waals surface area (Å²) < 4.78 is 11.9. The van der Waals surface area contributed by atoms with E-state index in [2.05, 4.69) is 6.58 Å². The monoisotopic (exact) mass is 434 g/mol. The summed E-state index contributed by atoms with van der Waals surface area (Å²) >= 11 is 0. The number of aliphatic imine (C=N–C) groups is 1. The van der Waals surface area contributed by atoms with E-state index < -0.39 is 11.6 Å². The van der Waals surface area contributed by atoms with Crippen molar-refractivity contribution in [2.75, 3.05) is 13.2 Å². The zero-order valence-corrected chi connectivity index (χ0v) is 18.0. The van der Waals surface area contributed by atoms with Gasteiger partial charge in [0.15, 0.2) is 11.6 Å². The van der Waals surface area contributed by atoms with Gasteiger partial charge in [0.1, 0.15) is 5.75 Å². The average molecular weight is 434 g/mol. The van der Waals surface area contributed by atoms with Gasteiger partial charge in [-0.3, -0.25) is 14.5 Å². The summed E-state index contributed by atoms with van der Waals surface area (Å²) in [6, 6.07) is 14.8. The van der Waals surface area contributed by atoms with Crippen molar-refractivity contribution in [1.82, 2.24) is 4.90 Å². The largest absolute Gasteiger partial charge is 0.494 e. The van der Waals surface area contributed by atoms with Crippen LogP contribution in [0.5, 0.6) is 5.75 Å². The number of carbonyl (C=O) groups excluding carboxylic acids is 2. The van der Waals surface area contributed by atoms with E-state index in [-0.39, 0.29) is 31.4 Å². The van der Waals surface area contributed by atoms with Gasteiger partial charge >= 0.3 is 0 Å². The van der Waals surface area contributed by atoms with Gasteiger partial charge in [0.25, 0.3) is 5.91 Å². The number of nitrogens with zero attached hydrogens (tertiary/aromatic N) is 2. The molecule has 1 N–H and O–H groups in total. The van der Waals surface area contributed by atoms with E-state index in [1.54, 1.807) is 18.2 Å². The summed E-state index contributed by atoms with van der Waals surface area (Å²) in [5.41, 5.74) is 1.10. The number of ether oxygens (including phenoxy) is 2. The molecule has 0 aliphatic carbocycles. The lowest BCUT2D eigenvalue weighted by Crippen LogP contribution is -2.49. The van der Waals surface area contributed by atoms with Crippen molar-refractivity contribution < 1.29 is 24.2 Å². The summed E-state index contributed by atoms with van der Waals surface area (Å²) in [5, 5.41) is 8.89. The number of carbonyl (C=O) groups is 2. The Bertz CT molecular complexity index is 1060. The lowest BCUT2D eigenvalue weighted by atomic mass is 9.84. The first-order valence-corrected chi connectivity index (χ1v) is 10.6. The Kier molecular flexibility index (Phi) is 6.10. The molecule has 2 aliphatic heterocycles. The Morgan fingerprint density at radius 2 is 2.06 bits per heavy atom. The SMILES string of the molecule is C=CC[C@]12N=C(c3ccc(OCCCO)cc3)O[C@H]1c1ccccc1CN(C(C)=O)C2=O. The summed E-state index contributed by atoms with van der Waals surface area (Å²) in [4.78, 5) is 32.1. The number of imide groups is 1. The number of aliphatic hydroxyl groups excluding tert-OH is 1. The molecule has 0 saturated heterocycles. The van der Waals surface area contributed by atoms with Crippen LogP contribution in [0, 0.1) is 0 Å². The molecule has 0 spiro atoms. The smallest absolute Gasteiger partial charge is 0.262 e. The first kappa shape index (κ1) is 21.8. The minimum absolute atomic E-state index is 0.0717. The molecule has 0 saturated carbocycles. The summed E-state index contributed by atoms with van der Waals surface area (Å²) in [6.45, 7) is 5.90. The van der Waals surface area contributed by atoms with Gasteiger partial charge in [0.2, 0.25) is 11.8 Å². The summed E-state index contributed by atoms with van der Waals surface area (Å²) in [6.07, 6.45) is 1.77. The second-order valence-electron chi connectivity index (χ2n) is 7.89. The fourth-order valence-electron chi connectivity index (χ4n) is 4.16. The van der Waals surface area contributed by atoms with E-state index in [0.717, 1.165) is 11.1 Å². The normalized spacial score (nSPS) is 21.7. The van der Waals surface area contributed by atoms with Crippen molar-refractivity contribution in [1.29, 1.82) is 0 Å². The minimum Gasteiger partial charge on any atom is -0.494 e. The number of hydrogen-bond donors (Lipinski definition) is 1. The molecular formula is C25H26N2O5. The van der Waals surface area contributed by atoms with E-state index in [1.807, 2.05) is 36.4 Å². The second-order valence-corrected chi connectivity index (χ2v) is 7.89. The highest BCUT2D eigenvalue weighted by Gasteiger charge is 2.56. The molecule has 2 aliphatic rings. The van der Waals surface area contributed by atoms with Crippen LogP contribution in [0.3, 0.4) is 0 Å². The first-order chi connectivity index (χ1) is 15.5. The highest BCUT2D eigenvalue weighted by Crippen LogP contribution is 2.46. The van der Waals surface area contributed by atoms with Crippen LogP contribution in [0.4, 0.5) is 0 Å². The summed E-state index contributed by atoms with van der Waals surface area (Å²) in [7, 11) is 0. The van der Waals surface area contributed by atoms with Crippen LogP contribution < -0.4 is 4.74 Å². The molecule has 2 heterocycles. The zero-order valence-electron chi connectivity index (χ0n) is 18.0. The Morgan fingerprint density at radius 1 is 1.31 bits per heavy atom. The van der Waals surface area contributed by atoms with Crippen molar-refractivity contribution in [3.05, 3.63) is 77.9 Å². The van der Waals surface area contributed by atoms with E-state index >= 15 is 0 Å². The molecule has 166 valence electrons. The molecule has 0 bridgehead atoms. The van der Waals surface area contributed by atoms with Crippen LogP contribution in [0.1, 0.15) is 42.6 Å². The number of rotatable bonds is 7. The molecule has 2 amide bonds. The van der Waals surface area contributed by atoms with Gasteiger partial charge < -0.3 is 14.6 Å². The molecule has 2 aromatic carbocycles. The summed E-state index contributed by atoms with van der Waals surface area (Å²) in [5.74, 6) is 0.291. The van der Waals surface area contributed by atoms with E-state index in [4.69, 9.17) is 19.6 Å². The Morgan fingerprint density at radius 3 is 2.75 bits per heavy atom. The van der Waals surface area contributed by atoms with Crippen LogP contribution in [-0.4, -0.2) is 46.5 Å². The maximum atomic E-state index is 13.7. The average Bonchev–Trinajstić information content (AvgIpc) is 3.14. The fourth-order valence-corrected chi connectivity index (χ4v) is 4.16. The van der Waals surface area contributed by atoms with Crippen molar-refractivity contribution in [3.8, 4) is 5.75 Å². The van der Waals surface area contributed by atoms with Crippen LogP contribution in [-0.2, 0) is 20.9 Å². The molecule has 0 unspecified atom stereocenters. The van der Waals surface area contributed by atoms with Gasteiger partial charge in [-0.15, -0.1) is 6.58 Å². The number of fused-ring (bicyclic) bond motifs is 3. The predicted molar refractivity (Wildman–Crippen MR) is 119 cm³/mol. The van der Waals surface area contributed by atoms with Crippen molar-refractivity contribution in [2.45, 2.75) is 38.0 Å². The van der Waals surface area contributed by atoms with Gasteiger partial charge in [-0.2, -0.15) is 0 Å². The van der Waals surface area contributed by atoms with Gasteiger partial charge in [0.05, 0.1) is 13.2 Å². The zero-order chi connectivity index (χ0) is 22.7. The van der Waals surface area contributed by atoms with Crippen LogP contribution in [0.2, 0.25) is 0 Å². The highest BCUT2D eigenvalue weighted by molar-refractivity contribution is 6.05. The van der Waals surface area contributed by atoms with Gasteiger partial charge in [0, 0.05) is 37.5 Å². The maximum Gasteiger partial charge on any atom is 0.262 e. The fraction of sp³-hybridized carbons (Fsp3) is 0.320. The molecule has 2 aromatic rings. The predicted octanol–water partition coefficient (Wildman–Crippen LogP) is 3.17. The number of benzene rings is 2. The molecule has 7 heteroatoms. The van der Waals surface area contributed by atoms with Crippen molar-refractivity contribution in [2.24, 2.45) is 4.99 Å². The Balaban J connectivity index is 1.75. The molecule has 2 atom stereocenters. The third-order valence-electron chi connectivity index (χ3n) is 5.75. The molecule has 0 aromatic heterocycles.